The van der Waals surface area contributed by atoms with Gasteiger partial charge >= 0.3 is 11.9 Å². The molecule has 0 saturated carbocycles. The van der Waals surface area contributed by atoms with Crippen LogP contribution in [-0.4, -0.2) is 100.0 Å². The van der Waals surface area contributed by atoms with Gasteiger partial charge < -0.3 is 10.2 Å². The molecule has 0 fully saturated rings. The van der Waals surface area contributed by atoms with Gasteiger partial charge in [-0.2, -0.15) is 8.42 Å². The Morgan fingerprint density at radius 1 is 1.11 bits per heavy atom. The molecule has 7 nitrogen and oxygen atoms in total. The maximum atomic E-state index is 10.5. The van der Waals surface area contributed by atoms with E-state index < -0.39 is 34.2 Å². The zero-order chi connectivity index (χ0) is 12.8. The minimum Gasteiger partial charge on any atom is -0.481 e. The van der Waals surface area contributed by atoms with Gasteiger partial charge in [-0.05, 0) is 12.8 Å². The number of rotatable bonds is 7. The topological polar surface area (TPSA) is 129 Å². The number of carboxylic acids is 2. The Morgan fingerprint density at radius 2 is 1.61 bits per heavy atom. The smallest absolute Gasteiger partial charge is 0.331 e. The van der Waals surface area contributed by atoms with Crippen LogP contribution in [0.2, 0.25) is 0 Å². The van der Waals surface area contributed by atoms with Crippen molar-refractivity contribution in [2.45, 2.75) is 19.3 Å². The molecule has 0 aliphatic carbocycles. The first-order chi connectivity index (χ1) is 7.22. The number of carbonyl (C=O) groups is 2. The fraction of sp³-hybridized carbons (Fsp3) is 0.500. The summed E-state index contributed by atoms with van der Waals surface area (Å²) >= 11 is 0. The van der Waals surface area contributed by atoms with Crippen LogP contribution in [0.4, 0.5) is 0 Å². The van der Waals surface area contributed by atoms with E-state index in [2.05, 4.69) is 0 Å². The summed E-state index contributed by atoms with van der Waals surface area (Å²) in [5, 5.41) is 17.0. The molecule has 0 bridgehead atoms. The predicted octanol–water partition coefficient (Wildman–Crippen LogP) is -0.621. The molecule has 0 aromatic rings. The quantitative estimate of drug-likeness (QED) is 0.247. The summed E-state index contributed by atoms with van der Waals surface area (Å²) in [6, 6.07) is 0. The monoisotopic (exact) mass is 298 g/mol. The van der Waals surface area contributed by atoms with Crippen LogP contribution < -0.4 is 0 Å². The Bertz CT molecular complexity index is 402. The van der Waals surface area contributed by atoms with Gasteiger partial charge in [-0.25, -0.2) is 4.79 Å². The number of unbranched alkanes of at least 4 members (excludes halogenated alkanes) is 1. The summed E-state index contributed by atoms with van der Waals surface area (Å²) in [5.74, 6) is -3.11. The van der Waals surface area contributed by atoms with Gasteiger partial charge in [-0.3, -0.25) is 9.35 Å². The summed E-state index contributed by atoms with van der Waals surface area (Å²) in [6.45, 7) is 0. The minimum atomic E-state index is -4.06. The van der Waals surface area contributed by atoms with E-state index in [4.69, 9.17) is 14.8 Å². The number of carboxylic acid groups (broad SMARTS) is 2. The second-order valence-corrected chi connectivity index (χ2v) is 4.61. The zero-order valence-electron chi connectivity index (χ0n) is 10.3. The fourth-order valence-corrected chi connectivity index (χ4v) is 1.47. The summed E-state index contributed by atoms with van der Waals surface area (Å²) < 4.78 is 29.0. The van der Waals surface area contributed by atoms with E-state index in [-0.39, 0.29) is 77.5 Å². The zero-order valence-corrected chi connectivity index (χ0v) is 15.1. The van der Waals surface area contributed by atoms with Crippen molar-refractivity contribution in [1.29, 1.82) is 0 Å². The normalized spacial score (nSPS) is 11.1. The summed E-state index contributed by atoms with van der Waals surface area (Å²) in [4.78, 5) is 20.8. The van der Waals surface area contributed by atoms with Gasteiger partial charge in [0.2, 0.25) is 0 Å². The Morgan fingerprint density at radius 3 is 1.94 bits per heavy atom. The van der Waals surface area contributed by atoms with E-state index in [1.165, 1.54) is 0 Å². The maximum absolute atomic E-state index is 10.5. The standard InChI is InChI=1S/C8H12O7S.2Na/c9-7(10)5-6(8(11)12)3-1-2-4-16(13,14)15;;/h3H,1-2,4-5H2,(H,9,10)(H,11,12)(H,13,14,15);;. The van der Waals surface area contributed by atoms with E-state index in [9.17, 15) is 18.0 Å². The fourth-order valence-electron chi connectivity index (χ4n) is 0.940. The van der Waals surface area contributed by atoms with Gasteiger partial charge in [0.15, 0.2) is 0 Å². The van der Waals surface area contributed by atoms with E-state index >= 15 is 0 Å². The largest absolute Gasteiger partial charge is 0.481 e. The number of aliphatic carboxylic acids is 2. The van der Waals surface area contributed by atoms with Crippen LogP contribution in [-0.2, 0) is 19.7 Å². The van der Waals surface area contributed by atoms with Crippen LogP contribution in [0, 0.1) is 0 Å². The molecule has 0 aliphatic heterocycles. The maximum Gasteiger partial charge on any atom is 0.331 e. The third-order valence-corrected chi connectivity index (χ3v) is 2.42. The van der Waals surface area contributed by atoms with Gasteiger partial charge in [0.25, 0.3) is 10.1 Å². The molecule has 10 heteroatoms. The average Bonchev–Trinajstić information content (AvgIpc) is 2.07. The van der Waals surface area contributed by atoms with E-state index in [1.807, 2.05) is 0 Å². The average molecular weight is 298 g/mol. The Hall–Kier alpha value is 0.590. The summed E-state index contributed by atoms with van der Waals surface area (Å²) in [6.07, 6.45) is 0.632. The molecule has 0 spiro atoms. The molecular formula is C8H12Na2O7S. The number of allylic oxidation sites excluding steroid dienone is 1. The predicted molar refractivity (Wildman–Crippen MR) is 65.1 cm³/mol. The van der Waals surface area contributed by atoms with Crippen LogP contribution >= 0.6 is 0 Å². The molecule has 0 atom stereocenters. The minimum absolute atomic E-state index is 0. The molecule has 3 N–H and O–H groups in total. The van der Waals surface area contributed by atoms with Crippen molar-refractivity contribution in [3.05, 3.63) is 11.6 Å². The molecule has 0 heterocycles. The first-order valence-corrected chi connectivity index (χ1v) is 5.92. The molecule has 94 valence electrons. The molecule has 0 saturated heterocycles. The van der Waals surface area contributed by atoms with Crippen molar-refractivity contribution in [3.63, 3.8) is 0 Å². The van der Waals surface area contributed by atoms with Gasteiger partial charge in [0.1, 0.15) is 0 Å². The summed E-state index contributed by atoms with van der Waals surface area (Å²) in [5.41, 5.74) is -0.303. The molecule has 0 aliphatic rings. The molecule has 0 aromatic heterocycles. The van der Waals surface area contributed by atoms with Crippen LogP contribution in [0.25, 0.3) is 0 Å². The molecule has 0 aromatic carbocycles. The first-order valence-electron chi connectivity index (χ1n) is 4.31. The van der Waals surface area contributed by atoms with E-state index in [1.54, 1.807) is 0 Å². The molecule has 0 unspecified atom stereocenters. The number of hydrogen-bond acceptors (Lipinski definition) is 4. The molecule has 0 rings (SSSR count). The Kier molecular flexibility index (Phi) is 15.0. The van der Waals surface area contributed by atoms with Crippen molar-refractivity contribution < 1.29 is 32.8 Å². The Balaban J connectivity index is -0.00000112. The van der Waals surface area contributed by atoms with Crippen molar-refractivity contribution in [2.75, 3.05) is 5.75 Å². The van der Waals surface area contributed by atoms with Gasteiger partial charge in [0.05, 0.1) is 12.2 Å². The molecular weight excluding hydrogens is 286 g/mol. The third-order valence-electron chi connectivity index (χ3n) is 1.61. The van der Waals surface area contributed by atoms with Gasteiger partial charge in [0, 0.05) is 64.7 Å². The van der Waals surface area contributed by atoms with Gasteiger partial charge in [-0.15, -0.1) is 0 Å². The SMILES string of the molecule is O=C(O)CC(=CCCCS(=O)(=O)O)C(=O)O.[Na].[Na]. The van der Waals surface area contributed by atoms with Crippen LogP contribution in [0.15, 0.2) is 11.6 Å². The van der Waals surface area contributed by atoms with Crippen molar-refractivity contribution in [3.8, 4) is 0 Å². The second kappa shape index (κ2) is 11.4. The van der Waals surface area contributed by atoms with Crippen molar-refractivity contribution in [1.82, 2.24) is 0 Å². The van der Waals surface area contributed by atoms with Crippen LogP contribution in [0.3, 0.4) is 0 Å². The number of hydrogen-bond donors (Lipinski definition) is 3. The van der Waals surface area contributed by atoms with E-state index in [0.717, 1.165) is 6.08 Å². The summed E-state index contributed by atoms with van der Waals surface area (Å²) in [7, 11) is -4.06. The molecule has 18 heavy (non-hydrogen) atoms. The van der Waals surface area contributed by atoms with Crippen LogP contribution in [0.5, 0.6) is 0 Å². The van der Waals surface area contributed by atoms with Crippen molar-refractivity contribution in [2.24, 2.45) is 0 Å². The van der Waals surface area contributed by atoms with E-state index in [0.29, 0.717) is 0 Å². The third kappa shape index (κ3) is 14.7. The Labute approximate surface area is 149 Å². The first kappa shape index (κ1) is 23.7. The molecule has 0 amide bonds. The van der Waals surface area contributed by atoms with Crippen LogP contribution in [0.1, 0.15) is 19.3 Å². The van der Waals surface area contributed by atoms with Gasteiger partial charge in [-0.1, -0.05) is 6.08 Å². The van der Waals surface area contributed by atoms with Crippen molar-refractivity contribution >= 4 is 81.2 Å². The second-order valence-electron chi connectivity index (χ2n) is 3.03. The molecule has 2 radical (unpaired) electrons.